The number of amides is 1. The van der Waals surface area contributed by atoms with Crippen molar-refractivity contribution < 1.29 is 9.53 Å². The van der Waals surface area contributed by atoms with Crippen LogP contribution in [0.3, 0.4) is 0 Å². The van der Waals surface area contributed by atoms with E-state index in [9.17, 15) is 4.79 Å². The summed E-state index contributed by atoms with van der Waals surface area (Å²) in [5, 5.41) is 9.79. The quantitative estimate of drug-likeness (QED) is 0.264. The molecule has 2 atom stereocenters. The predicted octanol–water partition coefficient (Wildman–Crippen LogP) is 3.55. The zero-order chi connectivity index (χ0) is 20.5. The molecule has 2 aliphatic heterocycles. The SMILES string of the molecule is CCNC(=NCc1cccc(C(=O)NCC2CCCO2)c1)NCC1(C)CCCS1.I. The smallest absolute Gasteiger partial charge is 0.251 e. The average Bonchev–Trinajstić information content (AvgIpc) is 3.41. The lowest BCUT2D eigenvalue weighted by atomic mass is 10.1. The second-order valence-electron chi connectivity index (χ2n) is 8.00. The van der Waals surface area contributed by atoms with Crippen molar-refractivity contribution in [3.05, 3.63) is 35.4 Å². The van der Waals surface area contributed by atoms with E-state index in [1.807, 2.05) is 36.0 Å². The minimum Gasteiger partial charge on any atom is -0.376 e. The van der Waals surface area contributed by atoms with Crippen molar-refractivity contribution >= 4 is 47.6 Å². The standard InChI is InChI=1S/C22H34N4O2S.HI/c1-3-23-21(26-16-22(2)10-6-12-29-22)25-14-17-7-4-8-18(13-17)20(27)24-15-19-9-5-11-28-19;/h4,7-8,13,19H,3,5-6,9-12,14-16H2,1-2H3,(H,24,27)(H2,23,25,26);1H. The Morgan fingerprint density at radius 3 is 2.87 bits per heavy atom. The first-order valence-electron chi connectivity index (χ1n) is 10.7. The average molecular weight is 547 g/mol. The Kier molecular flexibility index (Phi) is 10.7. The van der Waals surface area contributed by atoms with Gasteiger partial charge in [0.15, 0.2) is 5.96 Å². The highest BCUT2D eigenvalue weighted by molar-refractivity contribution is 14.0. The maximum absolute atomic E-state index is 12.4. The van der Waals surface area contributed by atoms with E-state index in [1.165, 1.54) is 18.6 Å². The van der Waals surface area contributed by atoms with Gasteiger partial charge in [-0.05, 0) is 63.0 Å². The summed E-state index contributed by atoms with van der Waals surface area (Å²) in [5.74, 6) is 2.02. The number of benzene rings is 1. The number of rotatable bonds is 8. The van der Waals surface area contributed by atoms with Crippen LogP contribution >= 0.6 is 35.7 Å². The topological polar surface area (TPSA) is 74.8 Å². The number of halogens is 1. The number of carbonyl (C=O) groups excluding carboxylic acids is 1. The molecular formula is C22H35IN4O2S. The van der Waals surface area contributed by atoms with Crippen LogP contribution in [0.5, 0.6) is 0 Å². The summed E-state index contributed by atoms with van der Waals surface area (Å²) >= 11 is 2.04. The van der Waals surface area contributed by atoms with E-state index in [0.717, 1.165) is 44.1 Å². The number of aliphatic imine (C=N–C) groups is 1. The van der Waals surface area contributed by atoms with Crippen molar-refractivity contribution in [2.24, 2.45) is 4.99 Å². The van der Waals surface area contributed by atoms with Gasteiger partial charge in [0, 0.05) is 36.6 Å². The summed E-state index contributed by atoms with van der Waals surface area (Å²) < 4.78 is 5.86. The number of carbonyl (C=O) groups is 1. The van der Waals surface area contributed by atoms with Crippen LogP contribution in [0.4, 0.5) is 0 Å². The van der Waals surface area contributed by atoms with Gasteiger partial charge in [0.25, 0.3) is 5.91 Å². The fraction of sp³-hybridized carbons (Fsp3) is 0.636. The molecule has 168 valence electrons. The van der Waals surface area contributed by atoms with Gasteiger partial charge in [-0.2, -0.15) is 11.8 Å². The van der Waals surface area contributed by atoms with Gasteiger partial charge in [0.05, 0.1) is 12.6 Å². The number of ether oxygens (including phenoxy) is 1. The largest absolute Gasteiger partial charge is 0.376 e. The van der Waals surface area contributed by atoms with Gasteiger partial charge in [-0.1, -0.05) is 12.1 Å². The third-order valence-corrected chi connectivity index (χ3v) is 6.94. The molecule has 2 heterocycles. The Morgan fingerprint density at radius 2 is 2.17 bits per heavy atom. The Morgan fingerprint density at radius 1 is 1.30 bits per heavy atom. The number of thioether (sulfide) groups is 1. The molecule has 2 aliphatic rings. The van der Waals surface area contributed by atoms with Crippen molar-refractivity contribution in [3.8, 4) is 0 Å². The summed E-state index contributed by atoms with van der Waals surface area (Å²) in [6.45, 7) is 8.03. The van der Waals surface area contributed by atoms with Crippen LogP contribution in [0, 0.1) is 0 Å². The van der Waals surface area contributed by atoms with E-state index in [0.29, 0.717) is 18.7 Å². The van der Waals surface area contributed by atoms with Crippen LogP contribution < -0.4 is 16.0 Å². The molecule has 3 N–H and O–H groups in total. The van der Waals surface area contributed by atoms with E-state index < -0.39 is 0 Å². The lowest BCUT2D eigenvalue weighted by Gasteiger charge is -2.24. The zero-order valence-corrected chi connectivity index (χ0v) is 21.2. The van der Waals surface area contributed by atoms with Crippen LogP contribution in [0.15, 0.2) is 29.3 Å². The lowest BCUT2D eigenvalue weighted by Crippen LogP contribution is -2.43. The second kappa shape index (κ2) is 12.8. The summed E-state index contributed by atoms with van der Waals surface area (Å²) in [6.07, 6.45) is 4.78. The summed E-state index contributed by atoms with van der Waals surface area (Å²) in [7, 11) is 0. The van der Waals surface area contributed by atoms with E-state index in [-0.39, 0.29) is 40.7 Å². The molecule has 2 fully saturated rings. The van der Waals surface area contributed by atoms with Crippen LogP contribution in [0.25, 0.3) is 0 Å². The molecule has 30 heavy (non-hydrogen) atoms. The first kappa shape index (κ1) is 25.3. The molecule has 0 aliphatic carbocycles. The normalized spacial score (nSPS) is 23.7. The minimum atomic E-state index is -0.0532. The first-order valence-corrected chi connectivity index (χ1v) is 11.7. The highest BCUT2D eigenvalue weighted by atomic mass is 127. The fourth-order valence-corrected chi connectivity index (χ4v) is 4.93. The van der Waals surface area contributed by atoms with Gasteiger partial charge in [-0.25, -0.2) is 4.99 Å². The number of hydrogen-bond acceptors (Lipinski definition) is 4. The van der Waals surface area contributed by atoms with Crippen LogP contribution in [0.2, 0.25) is 0 Å². The molecule has 0 radical (unpaired) electrons. The van der Waals surface area contributed by atoms with Crippen molar-refractivity contribution in [3.63, 3.8) is 0 Å². The summed E-state index contributed by atoms with van der Waals surface area (Å²) in [4.78, 5) is 17.2. The lowest BCUT2D eigenvalue weighted by molar-refractivity contribution is 0.0857. The van der Waals surface area contributed by atoms with Crippen molar-refractivity contribution in [1.82, 2.24) is 16.0 Å². The van der Waals surface area contributed by atoms with Crippen LogP contribution in [0.1, 0.15) is 55.5 Å². The van der Waals surface area contributed by atoms with Crippen molar-refractivity contribution in [1.29, 1.82) is 0 Å². The highest BCUT2D eigenvalue weighted by Gasteiger charge is 2.29. The molecule has 8 heteroatoms. The van der Waals surface area contributed by atoms with Crippen LogP contribution in [-0.2, 0) is 11.3 Å². The number of nitrogens with zero attached hydrogens (tertiary/aromatic N) is 1. The van der Waals surface area contributed by atoms with Gasteiger partial charge < -0.3 is 20.7 Å². The van der Waals surface area contributed by atoms with Crippen LogP contribution in [-0.4, -0.2) is 54.7 Å². The Balaban J connectivity index is 0.00000320. The van der Waals surface area contributed by atoms with Crippen molar-refractivity contribution in [2.45, 2.75) is 56.9 Å². The maximum Gasteiger partial charge on any atom is 0.251 e. The van der Waals surface area contributed by atoms with E-state index in [2.05, 4.69) is 29.8 Å². The third kappa shape index (κ3) is 7.92. The molecule has 1 aromatic carbocycles. The van der Waals surface area contributed by atoms with Gasteiger partial charge in [0.2, 0.25) is 0 Å². The number of hydrogen-bond donors (Lipinski definition) is 3. The Labute approximate surface area is 201 Å². The Hall–Kier alpha value is -1.00. The molecule has 3 rings (SSSR count). The zero-order valence-electron chi connectivity index (χ0n) is 18.0. The first-order chi connectivity index (χ1) is 14.1. The highest BCUT2D eigenvalue weighted by Crippen LogP contribution is 2.36. The van der Waals surface area contributed by atoms with Gasteiger partial charge in [-0.15, -0.1) is 24.0 Å². The molecule has 0 bridgehead atoms. The number of nitrogens with one attached hydrogen (secondary N) is 3. The van der Waals surface area contributed by atoms with Gasteiger partial charge >= 0.3 is 0 Å². The minimum absolute atomic E-state index is 0. The maximum atomic E-state index is 12.4. The molecular weight excluding hydrogens is 511 g/mol. The molecule has 1 amide bonds. The molecule has 2 saturated heterocycles. The van der Waals surface area contributed by atoms with Gasteiger partial charge in [0.1, 0.15) is 0 Å². The predicted molar refractivity (Wildman–Crippen MR) is 136 cm³/mol. The number of guanidine groups is 1. The van der Waals surface area contributed by atoms with E-state index in [1.54, 1.807) is 0 Å². The summed E-state index contributed by atoms with van der Waals surface area (Å²) in [5.41, 5.74) is 1.69. The molecule has 6 nitrogen and oxygen atoms in total. The van der Waals surface area contributed by atoms with Crippen molar-refractivity contribution in [2.75, 3.05) is 32.0 Å². The fourth-order valence-electron chi connectivity index (χ4n) is 3.68. The molecule has 0 spiro atoms. The monoisotopic (exact) mass is 546 g/mol. The Bertz CT molecular complexity index is 704. The third-order valence-electron chi connectivity index (χ3n) is 5.40. The molecule has 1 aromatic rings. The van der Waals surface area contributed by atoms with E-state index in [4.69, 9.17) is 9.73 Å². The summed E-state index contributed by atoms with van der Waals surface area (Å²) in [6, 6.07) is 7.70. The molecule has 2 unspecified atom stereocenters. The molecule has 0 aromatic heterocycles. The second-order valence-corrected chi connectivity index (χ2v) is 9.68. The van der Waals surface area contributed by atoms with E-state index >= 15 is 0 Å². The molecule has 0 saturated carbocycles. The van der Waals surface area contributed by atoms with Gasteiger partial charge in [-0.3, -0.25) is 4.79 Å².